The van der Waals surface area contributed by atoms with E-state index < -0.39 is 0 Å². The number of amides is 1. The Kier molecular flexibility index (Phi) is 3.00. The number of rotatable bonds is 3. The van der Waals surface area contributed by atoms with E-state index in [1.54, 1.807) is 6.92 Å². The van der Waals surface area contributed by atoms with Crippen molar-refractivity contribution in [2.24, 2.45) is 0 Å². The zero-order chi connectivity index (χ0) is 13.2. The number of aryl methyl sites for hydroxylation is 1. The molecule has 0 unspecified atom stereocenters. The van der Waals surface area contributed by atoms with Crippen LogP contribution < -0.4 is 5.32 Å². The van der Waals surface area contributed by atoms with Crippen LogP contribution in [0.15, 0.2) is 30.5 Å². The third kappa shape index (κ3) is 2.34. The van der Waals surface area contributed by atoms with Gasteiger partial charge in [-0.15, -0.1) is 0 Å². The lowest BCUT2D eigenvalue weighted by Crippen LogP contribution is -2.22. The first-order valence-corrected chi connectivity index (χ1v) is 6.65. The number of nitrogens with zero attached hydrogens (tertiary/aromatic N) is 2. The summed E-state index contributed by atoms with van der Waals surface area (Å²) in [6, 6.07) is 8.00. The molecule has 5 nitrogen and oxygen atoms in total. The molecule has 2 N–H and O–H groups in total. The van der Waals surface area contributed by atoms with Crippen LogP contribution in [-0.2, 0) is 6.54 Å². The third-order valence-corrected chi connectivity index (χ3v) is 3.64. The van der Waals surface area contributed by atoms with E-state index in [0.717, 1.165) is 28.0 Å². The van der Waals surface area contributed by atoms with E-state index in [2.05, 4.69) is 19.7 Å². The molecule has 1 aromatic carbocycles. The second-order valence-corrected chi connectivity index (χ2v) is 4.94. The number of aromatic nitrogens is 3. The molecule has 0 fully saturated rings. The van der Waals surface area contributed by atoms with Crippen LogP contribution in [0.5, 0.6) is 0 Å². The highest BCUT2D eigenvalue weighted by molar-refractivity contribution is 7.07. The van der Waals surface area contributed by atoms with E-state index >= 15 is 0 Å². The van der Waals surface area contributed by atoms with Gasteiger partial charge in [0.2, 0.25) is 5.01 Å². The molecule has 19 heavy (non-hydrogen) atoms. The number of benzene rings is 1. The second kappa shape index (κ2) is 4.81. The highest BCUT2D eigenvalue weighted by Crippen LogP contribution is 2.17. The standard InChI is InChI=1S/C13H12N4OS/c1-8-16-13(19-17-8)12(18)15-7-9-6-14-11-5-3-2-4-10(9)11/h2-6,14H,7H2,1H3,(H,15,18). The van der Waals surface area contributed by atoms with Crippen LogP contribution in [0.1, 0.15) is 21.2 Å². The van der Waals surface area contributed by atoms with Crippen LogP contribution in [-0.4, -0.2) is 20.2 Å². The minimum absolute atomic E-state index is 0.184. The monoisotopic (exact) mass is 272 g/mol. The zero-order valence-corrected chi connectivity index (χ0v) is 11.1. The molecule has 2 heterocycles. The Morgan fingerprint density at radius 3 is 3.05 bits per heavy atom. The molecular weight excluding hydrogens is 260 g/mol. The first-order valence-electron chi connectivity index (χ1n) is 5.87. The summed E-state index contributed by atoms with van der Waals surface area (Å²) in [7, 11) is 0. The summed E-state index contributed by atoms with van der Waals surface area (Å²) >= 11 is 1.12. The van der Waals surface area contributed by atoms with Crippen LogP contribution in [0.3, 0.4) is 0 Å². The molecule has 0 radical (unpaired) electrons. The largest absolute Gasteiger partial charge is 0.361 e. The van der Waals surface area contributed by atoms with Crippen LogP contribution in [0.4, 0.5) is 0 Å². The molecule has 0 aliphatic heterocycles. The molecule has 0 aliphatic rings. The maximum Gasteiger partial charge on any atom is 0.282 e. The number of H-pyrrole nitrogens is 1. The van der Waals surface area contributed by atoms with Gasteiger partial charge in [-0.1, -0.05) is 18.2 Å². The normalized spacial score (nSPS) is 10.8. The van der Waals surface area contributed by atoms with Gasteiger partial charge < -0.3 is 10.3 Å². The number of hydrogen-bond donors (Lipinski definition) is 2. The highest BCUT2D eigenvalue weighted by Gasteiger charge is 2.11. The third-order valence-electron chi connectivity index (χ3n) is 2.84. The van der Waals surface area contributed by atoms with Gasteiger partial charge in [-0.3, -0.25) is 4.79 Å². The summed E-state index contributed by atoms with van der Waals surface area (Å²) < 4.78 is 4.00. The second-order valence-electron chi connectivity index (χ2n) is 4.19. The smallest absolute Gasteiger partial charge is 0.282 e. The van der Waals surface area contributed by atoms with E-state index in [0.29, 0.717) is 17.4 Å². The summed E-state index contributed by atoms with van der Waals surface area (Å²) in [5.74, 6) is 0.443. The van der Waals surface area contributed by atoms with E-state index in [4.69, 9.17) is 0 Å². The number of hydrogen-bond acceptors (Lipinski definition) is 4. The maximum atomic E-state index is 11.9. The number of carbonyl (C=O) groups excluding carboxylic acids is 1. The van der Waals surface area contributed by atoms with Crippen LogP contribution >= 0.6 is 11.5 Å². The average Bonchev–Trinajstić information content (AvgIpc) is 3.02. The molecule has 0 saturated heterocycles. The minimum Gasteiger partial charge on any atom is -0.361 e. The van der Waals surface area contributed by atoms with Gasteiger partial charge in [-0.2, -0.15) is 4.37 Å². The number of carbonyl (C=O) groups is 1. The summed E-state index contributed by atoms with van der Waals surface area (Å²) in [5, 5.41) is 4.38. The van der Waals surface area contributed by atoms with Crippen molar-refractivity contribution < 1.29 is 4.79 Å². The van der Waals surface area contributed by atoms with Crippen molar-refractivity contribution in [2.75, 3.05) is 0 Å². The Balaban J connectivity index is 1.74. The Morgan fingerprint density at radius 1 is 1.42 bits per heavy atom. The van der Waals surface area contributed by atoms with Crippen molar-refractivity contribution in [3.8, 4) is 0 Å². The summed E-state index contributed by atoms with van der Waals surface area (Å²) in [6.45, 7) is 2.24. The van der Waals surface area contributed by atoms with Gasteiger partial charge in [0.15, 0.2) is 0 Å². The predicted octanol–water partition coefficient (Wildman–Crippen LogP) is 2.26. The summed E-state index contributed by atoms with van der Waals surface area (Å²) in [5.41, 5.74) is 2.13. The maximum absolute atomic E-state index is 11.9. The number of nitrogens with one attached hydrogen (secondary N) is 2. The van der Waals surface area contributed by atoms with Crippen molar-refractivity contribution in [1.82, 2.24) is 19.7 Å². The molecule has 0 bridgehead atoms. The molecule has 3 rings (SSSR count). The molecule has 2 aromatic heterocycles. The number of aromatic amines is 1. The fraction of sp³-hybridized carbons (Fsp3) is 0.154. The topological polar surface area (TPSA) is 70.7 Å². The SMILES string of the molecule is Cc1nsc(C(=O)NCc2c[nH]c3ccccc23)n1. The molecule has 1 amide bonds. The molecular formula is C13H12N4OS. The van der Waals surface area contributed by atoms with Crippen molar-refractivity contribution in [2.45, 2.75) is 13.5 Å². The van der Waals surface area contributed by atoms with Crippen molar-refractivity contribution in [1.29, 1.82) is 0 Å². The van der Waals surface area contributed by atoms with Crippen molar-refractivity contribution in [3.63, 3.8) is 0 Å². The summed E-state index contributed by atoms with van der Waals surface area (Å²) in [6.07, 6.45) is 1.91. The van der Waals surface area contributed by atoms with Gasteiger partial charge in [-0.05, 0) is 30.1 Å². The van der Waals surface area contributed by atoms with Gasteiger partial charge in [0.05, 0.1) is 0 Å². The molecule has 0 aliphatic carbocycles. The molecule has 3 aromatic rings. The van der Waals surface area contributed by atoms with Crippen LogP contribution in [0, 0.1) is 6.92 Å². The van der Waals surface area contributed by atoms with Gasteiger partial charge in [0, 0.05) is 23.6 Å². The molecule has 6 heteroatoms. The van der Waals surface area contributed by atoms with E-state index in [1.807, 2.05) is 30.5 Å². The zero-order valence-electron chi connectivity index (χ0n) is 10.3. The summed E-state index contributed by atoms with van der Waals surface area (Å²) in [4.78, 5) is 19.1. The molecule has 96 valence electrons. The van der Waals surface area contributed by atoms with Gasteiger partial charge >= 0.3 is 0 Å². The first-order chi connectivity index (χ1) is 9.24. The average molecular weight is 272 g/mol. The Hall–Kier alpha value is -2.21. The van der Waals surface area contributed by atoms with E-state index in [9.17, 15) is 4.79 Å². The van der Waals surface area contributed by atoms with E-state index in [1.165, 1.54) is 0 Å². The van der Waals surface area contributed by atoms with Crippen molar-refractivity contribution in [3.05, 3.63) is 46.9 Å². The van der Waals surface area contributed by atoms with E-state index in [-0.39, 0.29) is 5.91 Å². The Labute approximate surface area is 113 Å². The fourth-order valence-corrected chi connectivity index (χ4v) is 2.51. The molecule has 0 spiro atoms. The lowest BCUT2D eigenvalue weighted by Gasteiger charge is -2.01. The predicted molar refractivity (Wildman–Crippen MR) is 74.1 cm³/mol. The lowest BCUT2D eigenvalue weighted by molar-refractivity contribution is 0.0950. The Morgan fingerprint density at radius 2 is 2.26 bits per heavy atom. The van der Waals surface area contributed by atoms with Gasteiger partial charge in [0.25, 0.3) is 5.91 Å². The fourth-order valence-electron chi connectivity index (χ4n) is 1.92. The quantitative estimate of drug-likeness (QED) is 0.768. The molecule has 0 saturated carbocycles. The van der Waals surface area contributed by atoms with Crippen LogP contribution in [0.2, 0.25) is 0 Å². The van der Waals surface area contributed by atoms with Gasteiger partial charge in [0.1, 0.15) is 5.82 Å². The number of fused-ring (bicyclic) bond motifs is 1. The van der Waals surface area contributed by atoms with Crippen molar-refractivity contribution >= 4 is 28.3 Å². The molecule has 0 atom stereocenters. The highest BCUT2D eigenvalue weighted by atomic mass is 32.1. The van der Waals surface area contributed by atoms with Crippen LogP contribution in [0.25, 0.3) is 10.9 Å². The lowest BCUT2D eigenvalue weighted by atomic mass is 10.2. The Bertz CT molecular complexity index is 731. The minimum atomic E-state index is -0.184. The number of para-hydroxylation sites is 1. The first kappa shape index (κ1) is 11.9. The van der Waals surface area contributed by atoms with Gasteiger partial charge in [-0.25, -0.2) is 4.98 Å².